The van der Waals surface area contributed by atoms with Crippen molar-refractivity contribution in [1.29, 1.82) is 0 Å². The maximum absolute atomic E-state index is 9.01. The normalized spacial score (nSPS) is 36.7. The summed E-state index contributed by atoms with van der Waals surface area (Å²) >= 11 is 0. The summed E-state index contributed by atoms with van der Waals surface area (Å²) in [5.41, 5.74) is 0. The fourth-order valence-electron chi connectivity index (χ4n) is 0.939. The lowest BCUT2D eigenvalue weighted by Crippen LogP contribution is -2.33. The molecule has 0 aromatic rings. The zero-order valence-electron chi connectivity index (χ0n) is 5.54. The number of rotatable bonds is 1. The molecule has 2 atom stereocenters. The lowest BCUT2D eigenvalue weighted by Gasteiger charge is -2.24. The SMILES string of the molecule is COC1COCC(O)C1. The maximum atomic E-state index is 9.01. The summed E-state index contributed by atoms with van der Waals surface area (Å²) in [6, 6.07) is 0. The average Bonchev–Trinajstić information content (AvgIpc) is 1.88. The molecule has 9 heavy (non-hydrogen) atoms. The molecule has 1 heterocycles. The van der Waals surface area contributed by atoms with Gasteiger partial charge in [0.05, 0.1) is 25.4 Å². The van der Waals surface area contributed by atoms with Gasteiger partial charge in [-0.05, 0) is 0 Å². The summed E-state index contributed by atoms with van der Waals surface area (Å²) in [6.45, 7) is 1.08. The molecule has 3 nitrogen and oxygen atoms in total. The minimum Gasteiger partial charge on any atom is -0.391 e. The maximum Gasteiger partial charge on any atom is 0.0830 e. The first-order chi connectivity index (χ1) is 4.33. The zero-order valence-corrected chi connectivity index (χ0v) is 5.54. The lowest BCUT2D eigenvalue weighted by atomic mass is 10.1. The topological polar surface area (TPSA) is 38.7 Å². The number of hydrogen-bond donors (Lipinski definition) is 1. The fraction of sp³-hybridized carbons (Fsp3) is 1.00. The number of aliphatic hydroxyl groups is 1. The Hall–Kier alpha value is -0.120. The van der Waals surface area contributed by atoms with Crippen molar-refractivity contribution < 1.29 is 14.6 Å². The van der Waals surface area contributed by atoms with Crippen LogP contribution in [0, 0.1) is 0 Å². The van der Waals surface area contributed by atoms with Crippen LogP contribution in [0.5, 0.6) is 0 Å². The van der Waals surface area contributed by atoms with Gasteiger partial charge in [-0.2, -0.15) is 0 Å². The molecule has 1 saturated heterocycles. The Morgan fingerprint density at radius 3 is 2.78 bits per heavy atom. The minimum absolute atomic E-state index is 0.0914. The van der Waals surface area contributed by atoms with Gasteiger partial charge in [0.1, 0.15) is 0 Å². The molecule has 1 aliphatic rings. The summed E-state index contributed by atoms with van der Waals surface area (Å²) < 4.78 is 9.99. The first kappa shape index (κ1) is 6.99. The minimum atomic E-state index is -0.330. The van der Waals surface area contributed by atoms with Crippen LogP contribution in [0.4, 0.5) is 0 Å². The monoisotopic (exact) mass is 132 g/mol. The largest absolute Gasteiger partial charge is 0.391 e. The van der Waals surface area contributed by atoms with Gasteiger partial charge in [-0.25, -0.2) is 0 Å². The summed E-state index contributed by atoms with van der Waals surface area (Å²) in [5.74, 6) is 0. The summed E-state index contributed by atoms with van der Waals surface area (Å²) in [6.07, 6.45) is 0.466. The first-order valence-corrected chi connectivity index (χ1v) is 3.11. The zero-order chi connectivity index (χ0) is 6.69. The Balaban J connectivity index is 2.23. The standard InChI is InChI=1S/C6H12O3/c1-8-6-2-5(7)3-9-4-6/h5-7H,2-4H2,1H3. The van der Waals surface area contributed by atoms with E-state index < -0.39 is 0 Å². The highest BCUT2D eigenvalue weighted by molar-refractivity contribution is 4.68. The molecule has 0 spiro atoms. The Labute approximate surface area is 54.6 Å². The van der Waals surface area contributed by atoms with Crippen LogP contribution < -0.4 is 0 Å². The molecule has 0 aromatic carbocycles. The van der Waals surface area contributed by atoms with Gasteiger partial charge in [-0.1, -0.05) is 0 Å². The van der Waals surface area contributed by atoms with Crippen molar-refractivity contribution in [2.75, 3.05) is 20.3 Å². The van der Waals surface area contributed by atoms with E-state index in [9.17, 15) is 0 Å². The number of aliphatic hydroxyl groups excluding tert-OH is 1. The third kappa shape index (κ3) is 1.93. The molecule has 0 aromatic heterocycles. The summed E-state index contributed by atoms with van der Waals surface area (Å²) in [4.78, 5) is 0. The van der Waals surface area contributed by atoms with E-state index in [4.69, 9.17) is 14.6 Å². The van der Waals surface area contributed by atoms with Crippen LogP contribution in [0.3, 0.4) is 0 Å². The molecular weight excluding hydrogens is 120 g/mol. The second-order valence-corrected chi connectivity index (χ2v) is 2.28. The first-order valence-electron chi connectivity index (χ1n) is 3.11. The van der Waals surface area contributed by atoms with Gasteiger partial charge in [0.2, 0.25) is 0 Å². The Morgan fingerprint density at radius 1 is 1.56 bits per heavy atom. The van der Waals surface area contributed by atoms with Gasteiger partial charge in [0.25, 0.3) is 0 Å². The molecule has 3 heteroatoms. The van der Waals surface area contributed by atoms with Crippen LogP contribution in [0.15, 0.2) is 0 Å². The molecule has 0 aliphatic carbocycles. The van der Waals surface area contributed by atoms with Crippen LogP contribution in [-0.4, -0.2) is 37.6 Å². The number of ether oxygens (including phenoxy) is 2. The molecular formula is C6H12O3. The summed E-state index contributed by atoms with van der Waals surface area (Å²) in [5, 5.41) is 9.01. The third-order valence-electron chi connectivity index (χ3n) is 1.48. The van der Waals surface area contributed by atoms with Crippen LogP contribution in [-0.2, 0) is 9.47 Å². The van der Waals surface area contributed by atoms with Crippen molar-refractivity contribution in [2.24, 2.45) is 0 Å². The van der Waals surface area contributed by atoms with E-state index in [-0.39, 0.29) is 12.2 Å². The molecule has 1 N–H and O–H groups in total. The molecule has 0 saturated carbocycles. The van der Waals surface area contributed by atoms with Crippen LogP contribution in [0.1, 0.15) is 6.42 Å². The second-order valence-electron chi connectivity index (χ2n) is 2.28. The van der Waals surface area contributed by atoms with E-state index in [0.29, 0.717) is 19.6 Å². The predicted molar refractivity (Wildman–Crippen MR) is 32.2 cm³/mol. The van der Waals surface area contributed by atoms with Crippen molar-refractivity contribution in [3.05, 3.63) is 0 Å². The molecule has 0 bridgehead atoms. The van der Waals surface area contributed by atoms with Gasteiger partial charge in [0.15, 0.2) is 0 Å². The van der Waals surface area contributed by atoms with Crippen molar-refractivity contribution >= 4 is 0 Å². The molecule has 0 radical (unpaired) electrons. The average molecular weight is 132 g/mol. The highest BCUT2D eigenvalue weighted by atomic mass is 16.5. The Morgan fingerprint density at radius 2 is 2.33 bits per heavy atom. The number of methoxy groups -OCH3 is 1. The van der Waals surface area contributed by atoms with Crippen LogP contribution in [0.25, 0.3) is 0 Å². The molecule has 1 aliphatic heterocycles. The Kier molecular flexibility index (Phi) is 2.45. The van der Waals surface area contributed by atoms with Crippen molar-refractivity contribution in [1.82, 2.24) is 0 Å². The molecule has 0 amide bonds. The third-order valence-corrected chi connectivity index (χ3v) is 1.48. The van der Waals surface area contributed by atoms with E-state index in [1.54, 1.807) is 7.11 Å². The highest BCUT2D eigenvalue weighted by Crippen LogP contribution is 2.08. The molecule has 1 rings (SSSR count). The van der Waals surface area contributed by atoms with E-state index in [0.717, 1.165) is 0 Å². The van der Waals surface area contributed by atoms with E-state index in [1.807, 2.05) is 0 Å². The fourth-order valence-corrected chi connectivity index (χ4v) is 0.939. The van der Waals surface area contributed by atoms with Crippen molar-refractivity contribution in [3.8, 4) is 0 Å². The lowest BCUT2D eigenvalue weighted by molar-refractivity contribution is -0.0856. The van der Waals surface area contributed by atoms with Crippen molar-refractivity contribution in [3.63, 3.8) is 0 Å². The van der Waals surface area contributed by atoms with E-state index in [1.165, 1.54) is 0 Å². The molecule has 1 fully saturated rings. The van der Waals surface area contributed by atoms with Gasteiger partial charge in [0, 0.05) is 13.5 Å². The Bertz CT molecular complexity index is 84.4. The summed E-state index contributed by atoms with van der Waals surface area (Å²) in [7, 11) is 1.63. The molecule has 2 unspecified atom stereocenters. The smallest absolute Gasteiger partial charge is 0.0830 e. The van der Waals surface area contributed by atoms with E-state index >= 15 is 0 Å². The van der Waals surface area contributed by atoms with Gasteiger partial charge in [-0.3, -0.25) is 0 Å². The number of hydrogen-bond acceptors (Lipinski definition) is 3. The van der Waals surface area contributed by atoms with Gasteiger partial charge >= 0.3 is 0 Å². The van der Waals surface area contributed by atoms with Crippen LogP contribution >= 0.6 is 0 Å². The van der Waals surface area contributed by atoms with Gasteiger partial charge < -0.3 is 14.6 Å². The molecule has 54 valence electrons. The second kappa shape index (κ2) is 3.15. The predicted octanol–water partition coefficient (Wildman–Crippen LogP) is -0.217. The highest BCUT2D eigenvalue weighted by Gasteiger charge is 2.19. The van der Waals surface area contributed by atoms with Gasteiger partial charge in [-0.15, -0.1) is 0 Å². The quantitative estimate of drug-likeness (QED) is 0.536. The van der Waals surface area contributed by atoms with E-state index in [2.05, 4.69) is 0 Å². The van der Waals surface area contributed by atoms with Crippen molar-refractivity contribution in [2.45, 2.75) is 18.6 Å². The van der Waals surface area contributed by atoms with Crippen LogP contribution in [0.2, 0.25) is 0 Å².